The van der Waals surface area contributed by atoms with Crippen molar-refractivity contribution in [1.29, 1.82) is 0 Å². The van der Waals surface area contributed by atoms with E-state index < -0.39 is 9.73 Å². The quantitative estimate of drug-likeness (QED) is 0.535. The van der Waals surface area contributed by atoms with Crippen LogP contribution in [0.2, 0.25) is 0 Å². The predicted octanol–water partition coefficient (Wildman–Crippen LogP) is 0.415. The maximum absolute atomic E-state index is 11.1. The van der Waals surface area contributed by atoms with Gasteiger partial charge in [-0.05, 0) is 6.72 Å². The first-order valence-corrected chi connectivity index (χ1v) is 4.72. The molecule has 0 aromatic rings. The number of hydrogen-bond acceptors (Lipinski definition) is 3. The molecule has 0 rings (SSSR count). The van der Waals surface area contributed by atoms with E-state index >= 15 is 0 Å². The van der Waals surface area contributed by atoms with Crippen molar-refractivity contribution in [3.8, 4) is 0 Å². The number of hydrogen-bond donors (Lipinski definition) is 0. The fraction of sp³-hybridized carbons (Fsp3) is 0.800. The summed E-state index contributed by atoms with van der Waals surface area (Å²) in [6.45, 7) is 3.82. The third-order valence-electron chi connectivity index (χ3n) is 1.01. The number of nitrogens with zero attached hydrogens (tertiary/aromatic N) is 2. The minimum atomic E-state index is -1.94. The first kappa shape index (κ1) is 8.62. The van der Waals surface area contributed by atoms with Crippen LogP contribution in [0, 0.1) is 0 Å². The van der Waals surface area contributed by atoms with Crippen molar-refractivity contribution in [2.75, 3.05) is 25.6 Å². The molecular weight excluding hydrogens is 136 g/mol. The van der Waals surface area contributed by atoms with Crippen molar-refractivity contribution in [3.63, 3.8) is 0 Å². The van der Waals surface area contributed by atoms with E-state index in [0.29, 0.717) is 12.3 Å². The predicted molar refractivity (Wildman–Crippen MR) is 41.7 cm³/mol. The first-order valence-electron chi connectivity index (χ1n) is 2.63. The Morgan fingerprint density at radius 2 is 2.22 bits per heavy atom. The Morgan fingerprint density at radius 1 is 1.67 bits per heavy atom. The van der Waals surface area contributed by atoms with Crippen LogP contribution in [0.1, 0.15) is 0 Å². The molecule has 9 heavy (non-hydrogen) atoms. The van der Waals surface area contributed by atoms with Gasteiger partial charge >= 0.3 is 0 Å². The van der Waals surface area contributed by atoms with Gasteiger partial charge in [0.2, 0.25) is 0 Å². The summed E-state index contributed by atoms with van der Waals surface area (Å²) in [7, 11) is -0.379. The van der Waals surface area contributed by atoms with E-state index in [9.17, 15) is 4.21 Å². The second-order valence-corrected chi connectivity index (χ2v) is 4.49. The second kappa shape index (κ2) is 3.61. The van der Waals surface area contributed by atoms with Crippen LogP contribution in [-0.2, 0) is 9.73 Å². The van der Waals surface area contributed by atoms with Gasteiger partial charge in [-0.1, -0.05) is 0 Å². The highest BCUT2D eigenvalue weighted by Gasteiger charge is 1.95. The average Bonchev–Trinajstić information content (AvgIpc) is 1.84. The smallest absolute Gasteiger partial charge is 0.0510 e. The Balaban J connectivity index is 3.90. The van der Waals surface area contributed by atoms with E-state index in [2.05, 4.69) is 16.1 Å². The molecule has 0 N–H and O–H groups in total. The molecule has 0 aromatic carbocycles. The lowest BCUT2D eigenvalue weighted by Crippen LogP contribution is -2.05. The van der Waals surface area contributed by atoms with Crippen LogP contribution in [0.25, 0.3) is 0 Å². The molecule has 0 aliphatic rings. The fourth-order valence-electron chi connectivity index (χ4n) is 0.325. The van der Waals surface area contributed by atoms with Crippen LogP contribution in [0.4, 0.5) is 0 Å². The normalized spacial score (nSPS) is 16.2. The van der Waals surface area contributed by atoms with E-state index in [-0.39, 0.29) is 0 Å². The van der Waals surface area contributed by atoms with Gasteiger partial charge in [0.25, 0.3) is 0 Å². The van der Waals surface area contributed by atoms with E-state index in [1.807, 2.05) is 0 Å². The Morgan fingerprint density at radius 3 is 2.56 bits per heavy atom. The topological polar surface area (TPSA) is 41.8 Å². The van der Waals surface area contributed by atoms with E-state index in [0.717, 1.165) is 0 Å². The van der Waals surface area contributed by atoms with Gasteiger partial charge in [0.05, 0.1) is 12.3 Å². The van der Waals surface area contributed by atoms with Crippen molar-refractivity contribution in [2.45, 2.75) is 0 Å². The largest absolute Gasteiger partial charge is 0.300 e. The zero-order valence-electron chi connectivity index (χ0n) is 5.83. The molecule has 1 unspecified atom stereocenters. The summed E-state index contributed by atoms with van der Waals surface area (Å²) >= 11 is 0. The molecule has 0 spiro atoms. The Hall–Kier alpha value is -0.380. The molecule has 0 saturated carbocycles. The van der Waals surface area contributed by atoms with Gasteiger partial charge in [0.15, 0.2) is 0 Å². The van der Waals surface area contributed by atoms with Crippen molar-refractivity contribution < 1.29 is 4.21 Å². The lowest BCUT2D eigenvalue weighted by molar-refractivity contribution is 0.680. The molecule has 0 aliphatic heterocycles. The van der Waals surface area contributed by atoms with E-state index in [1.54, 1.807) is 13.3 Å². The van der Waals surface area contributed by atoms with Gasteiger partial charge in [0, 0.05) is 23.0 Å². The maximum Gasteiger partial charge on any atom is 0.0510 e. The highest BCUT2D eigenvalue weighted by molar-refractivity contribution is 7.92. The lowest BCUT2D eigenvalue weighted by Gasteiger charge is -1.96. The summed E-state index contributed by atoms with van der Waals surface area (Å²) < 4.78 is 14.8. The summed E-state index contributed by atoms with van der Waals surface area (Å²) in [6.07, 6.45) is 1.62. The SMILES string of the molecule is C=NCCS(C)(=O)=NC. The Bertz CT molecular complexity index is 191. The fourth-order valence-corrected chi connectivity index (χ4v) is 0.976. The summed E-state index contributed by atoms with van der Waals surface area (Å²) in [5.74, 6) is 0.521. The monoisotopic (exact) mass is 148 g/mol. The molecular formula is C5H12N2OS. The van der Waals surface area contributed by atoms with Crippen molar-refractivity contribution in [1.82, 2.24) is 0 Å². The Kier molecular flexibility index (Phi) is 3.46. The standard InChI is InChI=1S/C5H12N2OS/c1-6-4-5-9(3,8)7-2/h1,4-5H2,2-3H3. The van der Waals surface area contributed by atoms with Gasteiger partial charge in [0.1, 0.15) is 0 Å². The molecule has 3 nitrogen and oxygen atoms in total. The van der Waals surface area contributed by atoms with Crippen LogP contribution >= 0.6 is 0 Å². The summed E-state index contributed by atoms with van der Waals surface area (Å²) in [6, 6.07) is 0. The van der Waals surface area contributed by atoms with Crippen LogP contribution in [-0.4, -0.2) is 36.5 Å². The zero-order chi connectivity index (χ0) is 7.33. The molecule has 0 bridgehead atoms. The van der Waals surface area contributed by atoms with Gasteiger partial charge in [-0.25, -0.2) is 8.57 Å². The van der Waals surface area contributed by atoms with Crippen LogP contribution < -0.4 is 0 Å². The molecule has 4 heteroatoms. The molecule has 0 radical (unpaired) electrons. The Labute approximate surface area is 56.4 Å². The highest BCUT2D eigenvalue weighted by Crippen LogP contribution is 1.87. The first-order chi connectivity index (χ1) is 4.12. The minimum absolute atomic E-state index is 0.521. The van der Waals surface area contributed by atoms with Gasteiger partial charge < -0.3 is 0 Å². The van der Waals surface area contributed by atoms with Crippen LogP contribution in [0.5, 0.6) is 0 Å². The molecule has 0 fully saturated rings. The van der Waals surface area contributed by atoms with E-state index in [1.165, 1.54) is 0 Å². The molecule has 1 atom stereocenters. The summed E-state index contributed by atoms with van der Waals surface area (Å²) in [5, 5.41) is 0. The minimum Gasteiger partial charge on any atom is -0.300 e. The van der Waals surface area contributed by atoms with Crippen molar-refractivity contribution in [3.05, 3.63) is 0 Å². The number of rotatable bonds is 3. The summed E-state index contributed by atoms with van der Waals surface area (Å²) in [4.78, 5) is 3.58. The highest BCUT2D eigenvalue weighted by atomic mass is 32.2. The third-order valence-corrected chi connectivity index (χ3v) is 2.73. The van der Waals surface area contributed by atoms with E-state index in [4.69, 9.17) is 0 Å². The average molecular weight is 148 g/mol. The van der Waals surface area contributed by atoms with Gasteiger partial charge in [-0.3, -0.25) is 4.99 Å². The lowest BCUT2D eigenvalue weighted by atomic mass is 10.8. The van der Waals surface area contributed by atoms with Gasteiger partial charge in [-0.2, -0.15) is 0 Å². The number of aliphatic imine (C=N–C) groups is 1. The molecule has 0 heterocycles. The summed E-state index contributed by atoms with van der Waals surface area (Å²) in [5.41, 5.74) is 0. The van der Waals surface area contributed by atoms with Crippen LogP contribution in [0.3, 0.4) is 0 Å². The molecule has 0 saturated heterocycles. The molecule has 54 valence electrons. The molecule has 0 amide bonds. The van der Waals surface area contributed by atoms with Gasteiger partial charge in [-0.15, -0.1) is 0 Å². The molecule has 0 aromatic heterocycles. The van der Waals surface area contributed by atoms with Crippen LogP contribution in [0.15, 0.2) is 9.36 Å². The second-order valence-electron chi connectivity index (χ2n) is 1.79. The maximum atomic E-state index is 11.1. The zero-order valence-corrected chi connectivity index (χ0v) is 6.65. The third kappa shape index (κ3) is 4.14. The molecule has 0 aliphatic carbocycles. The van der Waals surface area contributed by atoms with Crippen molar-refractivity contribution >= 4 is 16.4 Å². The van der Waals surface area contributed by atoms with Crippen molar-refractivity contribution in [2.24, 2.45) is 9.36 Å².